The maximum atomic E-state index is 12.2. The number of rotatable bonds is 8. The Kier molecular flexibility index (Phi) is 6.51. The van der Waals surface area contributed by atoms with Crippen molar-refractivity contribution in [2.45, 2.75) is 44.0 Å². The quantitative estimate of drug-likeness (QED) is 0.670. The summed E-state index contributed by atoms with van der Waals surface area (Å²) in [6.45, 7) is 3.24. The lowest BCUT2D eigenvalue weighted by Gasteiger charge is -2.14. The van der Waals surface area contributed by atoms with Crippen LogP contribution in [0.15, 0.2) is 29.2 Å². The number of carboxylic acid groups (broad SMARTS) is 1. The van der Waals surface area contributed by atoms with Crippen LogP contribution in [0.3, 0.4) is 0 Å². The summed E-state index contributed by atoms with van der Waals surface area (Å²) in [6, 6.07) is 4.36. The topological polar surface area (TPSA) is 113 Å². The van der Waals surface area contributed by atoms with Crippen LogP contribution in [0.1, 0.15) is 33.1 Å². The van der Waals surface area contributed by atoms with Gasteiger partial charge in [-0.1, -0.05) is 19.8 Å². The molecule has 0 unspecified atom stereocenters. The Hall–Kier alpha value is -1.93. The molecule has 7 nitrogen and oxygen atoms in total. The number of carbonyl (C=O) groups excluding carboxylic acids is 1. The van der Waals surface area contributed by atoms with Gasteiger partial charge in [0.05, 0.1) is 4.90 Å². The minimum Gasteiger partial charge on any atom is -0.480 e. The highest BCUT2D eigenvalue weighted by atomic mass is 32.2. The highest BCUT2D eigenvalue weighted by Crippen LogP contribution is 2.15. The molecule has 0 bridgehead atoms. The summed E-state index contributed by atoms with van der Waals surface area (Å²) in [5.41, 5.74) is 0.465. The Morgan fingerprint density at radius 3 is 2.27 bits per heavy atom. The lowest BCUT2D eigenvalue weighted by molar-refractivity contribution is -0.139. The summed E-state index contributed by atoms with van der Waals surface area (Å²) in [5.74, 6) is -1.47. The van der Waals surface area contributed by atoms with E-state index in [0.717, 1.165) is 6.42 Å². The average Bonchev–Trinajstić information content (AvgIpc) is 2.43. The van der Waals surface area contributed by atoms with E-state index in [4.69, 9.17) is 5.11 Å². The van der Waals surface area contributed by atoms with Gasteiger partial charge in [-0.15, -0.1) is 0 Å². The molecule has 0 aliphatic carbocycles. The average molecular weight is 328 g/mol. The van der Waals surface area contributed by atoms with Crippen molar-refractivity contribution in [2.24, 2.45) is 0 Å². The van der Waals surface area contributed by atoms with E-state index in [1.807, 2.05) is 6.92 Å². The van der Waals surface area contributed by atoms with Crippen molar-refractivity contribution >= 4 is 27.6 Å². The molecule has 0 radical (unpaired) electrons. The summed E-state index contributed by atoms with van der Waals surface area (Å²) < 4.78 is 26.6. The van der Waals surface area contributed by atoms with Crippen LogP contribution in [0.25, 0.3) is 0 Å². The Morgan fingerprint density at radius 2 is 1.82 bits per heavy atom. The van der Waals surface area contributed by atoms with E-state index in [9.17, 15) is 18.0 Å². The van der Waals surface area contributed by atoms with E-state index in [-0.39, 0.29) is 17.2 Å². The molecular formula is C14H20N2O5S. The van der Waals surface area contributed by atoms with Gasteiger partial charge in [0.25, 0.3) is 0 Å². The summed E-state index contributed by atoms with van der Waals surface area (Å²) in [4.78, 5) is 22.0. The highest BCUT2D eigenvalue weighted by molar-refractivity contribution is 7.89. The second-order valence-corrected chi connectivity index (χ2v) is 6.57. The van der Waals surface area contributed by atoms with Gasteiger partial charge in [-0.05, 0) is 30.7 Å². The zero-order chi connectivity index (χ0) is 16.8. The van der Waals surface area contributed by atoms with Crippen LogP contribution in [0.2, 0.25) is 0 Å². The molecule has 22 heavy (non-hydrogen) atoms. The Labute approximate surface area is 129 Å². The maximum absolute atomic E-state index is 12.2. The number of unbranched alkanes of at least 4 members (excludes halogenated alkanes) is 1. The molecule has 122 valence electrons. The number of anilines is 1. The lowest BCUT2D eigenvalue weighted by atomic mass is 10.1. The van der Waals surface area contributed by atoms with Crippen LogP contribution in [-0.4, -0.2) is 31.4 Å². The summed E-state index contributed by atoms with van der Waals surface area (Å²) >= 11 is 0. The minimum absolute atomic E-state index is 0.0515. The van der Waals surface area contributed by atoms with Crippen molar-refractivity contribution < 1.29 is 23.1 Å². The second kappa shape index (κ2) is 7.90. The molecule has 1 atom stereocenters. The molecule has 0 heterocycles. The molecule has 0 spiro atoms. The first kappa shape index (κ1) is 18.1. The standard InChI is InChI=1S/C14H20N2O5S/c1-3-4-5-13(14(18)19)16-22(20,21)12-8-6-11(7-9-12)15-10(2)17/h6-9,13,16H,3-5H2,1-2H3,(H,15,17)(H,18,19)/t13-/m1/s1. The van der Waals surface area contributed by atoms with E-state index in [2.05, 4.69) is 10.0 Å². The molecular weight excluding hydrogens is 308 g/mol. The molecule has 0 saturated carbocycles. The molecule has 8 heteroatoms. The van der Waals surface area contributed by atoms with E-state index in [1.54, 1.807) is 0 Å². The molecule has 0 saturated heterocycles. The lowest BCUT2D eigenvalue weighted by Crippen LogP contribution is -2.40. The van der Waals surface area contributed by atoms with Gasteiger partial charge < -0.3 is 10.4 Å². The van der Waals surface area contributed by atoms with Crippen molar-refractivity contribution in [2.75, 3.05) is 5.32 Å². The van der Waals surface area contributed by atoms with E-state index >= 15 is 0 Å². The number of carboxylic acids is 1. The third-order valence-corrected chi connectivity index (χ3v) is 4.41. The van der Waals surface area contributed by atoms with Gasteiger partial charge in [0.15, 0.2) is 0 Å². The number of hydrogen-bond donors (Lipinski definition) is 3. The first-order chi connectivity index (χ1) is 10.3. The van der Waals surface area contributed by atoms with Crippen LogP contribution in [0, 0.1) is 0 Å². The van der Waals surface area contributed by atoms with Crippen LogP contribution >= 0.6 is 0 Å². The number of sulfonamides is 1. The number of amides is 1. The number of aliphatic carboxylic acids is 1. The fourth-order valence-electron chi connectivity index (χ4n) is 1.82. The predicted octanol–water partition coefficient (Wildman–Crippen LogP) is 1.57. The first-order valence-electron chi connectivity index (χ1n) is 6.89. The monoisotopic (exact) mass is 328 g/mol. The predicted molar refractivity (Wildman–Crippen MR) is 82.0 cm³/mol. The van der Waals surface area contributed by atoms with Crippen molar-refractivity contribution in [1.29, 1.82) is 0 Å². The van der Waals surface area contributed by atoms with Crippen molar-refractivity contribution in [3.8, 4) is 0 Å². The third-order valence-electron chi connectivity index (χ3n) is 2.93. The zero-order valence-electron chi connectivity index (χ0n) is 12.5. The number of nitrogens with one attached hydrogen (secondary N) is 2. The molecule has 0 fully saturated rings. The SMILES string of the molecule is CCCC[C@@H](NS(=O)(=O)c1ccc(NC(C)=O)cc1)C(=O)O. The smallest absolute Gasteiger partial charge is 0.321 e. The number of benzene rings is 1. The zero-order valence-corrected chi connectivity index (χ0v) is 13.3. The summed E-state index contributed by atoms with van der Waals surface area (Å²) in [5, 5.41) is 11.6. The minimum atomic E-state index is -3.92. The Bertz CT molecular complexity index is 625. The van der Waals surface area contributed by atoms with Gasteiger partial charge >= 0.3 is 5.97 Å². The number of carbonyl (C=O) groups is 2. The van der Waals surface area contributed by atoms with Crippen molar-refractivity contribution in [3.05, 3.63) is 24.3 Å². The summed E-state index contributed by atoms with van der Waals surface area (Å²) in [6.07, 6.45) is 1.62. The molecule has 3 N–H and O–H groups in total. The normalized spacial score (nSPS) is 12.6. The molecule has 1 aromatic carbocycles. The highest BCUT2D eigenvalue weighted by Gasteiger charge is 2.24. The van der Waals surface area contributed by atoms with Crippen LogP contribution in [0.5, 0.6) is 0 Å². The molecule has 1 aromatic rings. The van der Waals surface area contributed by atoms with Gasteiger partial charge in [0.1, 0.15) is 6.04 Å². The van der Waals surface area contributed by atoms with Gasteiger partial charge in [-0.2, -0.15) is 4.72 Å². The van der Waals surface area contributed by atoms with Gasteiger partial charge in [-0.3, -0.25) is 9.59 Å². The van der Waals surface area contributed by atoms with Crippen LogP contribution in [0.4, 0.5) is 5.69 Å². The summed E-state index contributed by atoms with van der Waals surface area (Å²) in [7, 11) is -3.92. The fourth-order valence-corrected chi connectivity index (χ4v) is 3.04. The molecule has 0 aliphatic rings. The van der Waals surface area contributed by atoms with Gasteiger partial charge in [0, 0.05) is 12.6 Å². The Morgan fingerprint density at radius 1 is 1.23 bits per heavy atom. The second-order valence-electron chi connectivity index (χ2n) is 4.86. The number of hydrogen-bond acceptors (Lipinski definition) is 4. The van der Waals surface area contributed by atoms with Crippen molar-refractivity contribution in [3.63, 3.8) is 0 Å². The van der Waals surface area contributed by atoms with Gasteiger partial charge in [-0.25, -0.2) is 8.42 Å². The molecule has 0 aromatic heterocycles. The fraction of sp³-hybridized carbons (Fsp3) is 0.429. The van der Waals surface area contributed by atoms with Crippen LogP contribution in [-0.2, 0) is 19.6 Å². The van der Waals surface area contributed by atoms with E-state index in [1.165, 1.54) is 31.2 Å². The van der Waals surface area contributed by atoms with Crippen LogP contribution < -0.4 is 10.0 Å². The third kappa shape index (κ3) is 5.45. The maximum Gasteiger partial charge on any atom is 0.321 e. The molecule has 1 amide bonds. The first-order valence-corrected chi connectivity index (χ1v) is 8.37. The van der Waals surface area contributed by atoms with E-state index in [0.29, 0.717) is 12.1 Å². The largest absolute Gasteiger partial charge is 0.480 e. The molecule has 0 aliphatic heterocycles. The molecule has 1 rings (SSSR count). The van der Waals surface area contributed by atoms with E-state index < -0.39 is 22.0 Å². The van der Waals surface area contributed by atoms with Crippen molar-refractivity contribution in [1.82, 2.24) is 4.72 Å². The Balaban J connectivity index is 2.88. The van der Waals surface area contributed by atoms with Gasteiger partial charge in [0.2, 0.25) is 15.9 Å².